The Kier molecular flexibility index (Phi) is 3.49. The fraction of sp³-hybridized carbons (Fsp3) is 0.250. The monoisotopic (exact) mass is 254 g/mol. The summed E-state index contributed by atoms with van der Waals surface area (Å²) in [5.41, 5.74) is 6.31. The van der Waals surface area contributed by atoms with Crippen LogP contribution in [0.5, 0.6) is 0 Å². The first-order valence-corrected chi connectivity index (χ1v) is 6.09. The van der Waals surface area contributed by atoms with Gasteiger partial charge in [-0.1, -0.05) is 0 Å². The van der Waals surface area contributed by atoms with Gasteiger partial charge in [-0.25, -0.2) is 13.8 Å². The van der Waals surface area contributed by atoms with Crippen LogP contribution in [0.15, 0.2) is 23.6 Å². The highest BCUT2D eigenvalue weighted by Gasteiger charge is 2.11. The fourth-order valence-corrected chi connectivity index (χ4v) is 2.44. The number of halogens is 2. The molecule has 2 aromatic rings. The zero-order valence-corrected chi connectivity index (χ0v) is 10.1. The van der Waals surface area contributed by atoms with Crippen molar-refractivity contribution in [2.45, 2.75) is 19.4 Å². The maximum Gasteiger partial charge on any atom is 0.132 e. The molecule has 1 aromatic carbocycles. The van der Waals surface area contributed by atoms with Crippen molar-refractivity contribution in [3.63, 3.8) is 0 Å². The third-order valence-corrected chi connectivity index (χ3v) is 3.12. The molecule has 0 aliphatic heterocycles. The predicted octanol–water partition coefficient (Wildman–Crippen LogP) is 2.98. The number of nitrogens with two attached hydrogens (primary N) is 1. The van der Waals surface area contributed by atoms with E-state index in [1.807, 2.05) is 6.92 Å². The maximum absolute atomic E-state index is 13.5. The molecule has 0 saturated carbocycles. The molecule has 2 N–H and O–H groups in total. The van der Waals surface area contributed by atoms with Gasteiger partial charge in [-0.05, 0) is 25.1 Å². The highest BCUT2D eigenvalue weighted by Crippen LogP contribution is 2.25. The third kappa shape index (κ3) is 2.87. The zero-order chi connectivity index (χ0) is 12.4. The smallest absolute Gasteiger partial charge is 0.132 e. The highest BCUT2D eigenvalue weighted by atomic mass is 32.1. The van der Waals surface area contributed by atoms with Crippen LogP contribution in [0.3, 0.4) is 0 Å². The van der Waals surface area contributed by atoms with Gasteiger partial charge in [-0.3, -0.25) is 0 Å². The van der Waals surface area contributed by atoms with Crippen LogP contribution in [-0.2, 0) is 6.42 Å². The van der Waals surface area contributed by atoms with Crippen LogP contribution >= 0.6 is 11.3 Å². The number of thiazole rings is 1. The minimum Gasteiger partial charge on any atom is -0.328 e. The van der Waals surface area contributed by atoms with Crippen LogP contribution in [-0.4, -0.2) is 11.0 Å². The summed E-state index contributed by atoms with van der Waals surface area (Å²) in [5.74, 6) is -0.938. The first-order valence-electron chi connectivity index (χ1n) is 5.21. The lowest BCUT2D eigenvalue weighted by Gasteiger charge is -2.01. The number of nitrogens with zero attached hydrogens (tertiary/aromatic N) is 1. The molecule has 1 heterocycles. The first-order chi connectivity index (χ1) is 8.06. The molecule has 0 saturated heterocycles. The lowest BCUT2D eigenvalue weighted by atomic mass is 10.1. The standard InChI is InChI=1S/C12H12F2N2S/c1-7(15)4-12-16-11(6-17-12)9-5-8(13)2-3-10(9)14/h2-3,5-7H,4,15H2,1H3. The summed E-state index contributed by atoms with van der Waals surface area (Å²) in [7, 11) is 0. The summed E-state index contributed by atoms with van der Waals surface area (Å²) < 4.78 is 26.5. The Labute approximate surface area is 102 Å². The topological polar surface area (TPSA) is 38.9 Å². The summed E-state index contributed by atoms with van der Waals surface area (Å²) in [6.45, 7) is 1.88. The van der Waals surface area contributed by atoms with Crippen molar-refractivity contribution in [1.82, 2.24) is 4.98 Å². The van der Waals surface area contributed by atoms with Gasteiger partial charge in [0.2, 0.25) is 0 Å². The number of aromatic nitrogens is 1. The van der Waals surface area contributed by atoms with Gasteiger partial charge in [-0.15, -0.1) is 11.3 Å². The predicted molar refractivity (Wildman–Crippen MR) is 64.8 cm³/mol. The van der Waals surface area contributed by atoms with Crippen molar-refractivity contribution >= 4 is 11.3 Å². The van der Waals surface area contributed by atoms with Crippen molar-refractivity contribution in [3.8, 4) is 11.3 Å². The Morgan fingerprint density at radius 3 is 2.88 bits per heavy atom. The molecule has 0 bridgehead atoms. The Morgan fingerprint density at radius 1 is 1.41 bits per heavy atom. The van der Waals surface area contributed by atoms with Gasteiger partial charge in [-0.2, -0.15) is 0 Å². The largest absolute Gasteiger partial charge is 0.328 e. The summed E-state index contributed by atoms with van der Waals surface area (Å²) in [4.78, 5) is 4.25. The zero-order valence-electron chi connectivity index (χ0n) is 9.28. The van der Waals surface area contributed by atoms with Gasteiger partial charge in [0.15, 0.2) is 0 Å². The summed E-state index contributed by atoms with van der Waals surface area (Å²) in [6.07, 6.45) is 0.640. The van der Waals surface area contributed by atoms with E-state index in [0.717, 1.165) is 23.2 Å². The minimum absolute atomic E-state index is 0.00589. The van der Waals surface area contributed by atoms with Crippen LogP contribution in [0, 0.1) is 11.6 Å². The van der Waals surface area contributed by atoms with E-state index in [2.05, 4.69) is 4.98 Å². The number of hydrogen-bond acceptors (Lipinski definition) is 3. The molecule has 0 radical (unpaired) electrons. The quantitative estimate of drug-likeness (QED) is 0.914. The van der Waals surface area contributed by atoms with Crippen LogP contribution in [0.1, 0.15) is 11.9 Å². The Hall–Kier alpha value is -1.33. The second-order valence-corrected chi connectivity index (χ2v) is 4.87. The van der Waals surface area contributed by atoms with E-state index >= 15 is 0 Å². The van der Waals surface area contributed by atoms with E-state index in [9.17, 15) is 8.78 Å². The molecule has 0 aliphatic rings. The maximum atomic E-state index is 13.5. The molecule has 1 aromatic heterocycles. The molecule has 1 unspecified atom stereocenters. The molecule has 1 atom stereocenters. The third-order valence-electron chi connectivity index (χ3n) is 2.25. The molecular formula is C12H12F2N2S. The number of benzene rings is 1. The average molecular weight is 254 g/mol. The van der Waals surface area contributed by atoms with E-state index in [-0.39, 0.29) is 11.6 Å². The van der Waals surface area contributed by atoms with E-state index < -0.39 is 11.6 Å². The molecule has 0 spiro atoms. The van der Waals surface area contributed by atoms with Gasteiger partial charge in [0.05, 0.1) is 10.7 Å². The SMILES string of the molecule is CC(N)Cc1nc(-c2cc(F)ccc2F)cs1. The van der Waals surface area contributed by atoms with Gasteiger partial charge in [0, 0.05) is 23.4 Å². The summed E-state index contributed by atoms with van der Waals surface area (Å²) in [5, 5.41) is 2.55. The van der Waals surface area contributed by atoms with Crippen molar-refractivity contribution in [2.75, 3.05) is 0 Å². The molecule has 2 rings (SSSR count). The van der Waals surface area contributed by atoms with E-state index in [1.54, 1.807) is 5.38 Å². The van der Waals surface area contributed by atoms with Gasteiger partial charge in [0.1, 0.15) is 11.6 Å². The van der Waals surface area contributed by atoms with Crippen molar-refractivity contribution in [1.29, 1.82) is 0 Å². The molecule has 2 nitrogen and oxygen atoms in total. The highest BCUT2D eigenvalue weighted by molar-refractivity contribution is 7.09. The van der Waals surface area contributed by atoms with Gasteiger partial charge >= 0.3 is 0 Å². The second kappa shape index (κ2) is 4.89. The molecule has 17 heavy (non-hydrogen) atoms. The van der Waals surface area contributed by atoms with E-state index in [1.165, 1.54) is 11.3 Å². The van der Waals surface area contributed by atoms with Gasteiger partial charge < -0.3 is 5.73 Å². The molecule has 0 aliphatic carbocycles. The van der Waals surface area contributed by atoms with Crippen LogP contribution in [0.25, 0.3) is 11.3 Å². The number of hydrogen-bond donors (Lipinski definition) is 1. The molecule has 5 heteroatoms. The number of rotatable bonds is 3. The van der Waals surface area contributed by atoms with Crippen LogP contribution < -0.4 is 5.73 Å². The molecule has 90 valence electrons. The average Bonchev–Trinajstić information content (AvgIpc) is 2.69. The van der Waals surface area contributed by atoms with Crippen molar-refractivity contribution in [2.24, 2.45) is 5.73 Å². The van der Waals surface area contributed by atoms with Crippen LogP contribution in [0.4, 0.5) is 8.78 Å². The Bertz CT molecular complexity index is 523. The van der Waals surface area contributed by atoms with Crippen LogP contribution in [0.2, 0.25) is 0 Å². The molecule has 0 amide bonds. The molecular weight excluding hydrogens is 242 g/mol. The summed E-state index contributed by atoms with van der Waals surface area (Å²) in [6, 6.07) is 3.36. The summed E-state index contributed by atoms with van der Waals surface area (Å²) >= 11 is 1.41. The van der Waals surface area contributed by atoms with E-state index in [0.29, 0.717) is 12.1 Å². The fourth-order valence-electron chi connectivity index (χ4n) is 1.50. The van der Waals surface area contributed by atoms with Crippen molar-refractivity contribution in [3.05, 3.63) is 40.2 Å². The molecule has 0 fully saturated rings. The lowest BCUT2D eigenvalue weighted by Crippen LogP contribution is -2.17. The minimum atomic E-state index is -0.469. The lowest BCUT2D eigenvalue weighted by molar-refractivity contribution is 0.602. The Balaban J connectivity index is 2.33. The normalized spacial score (nSPS) is 12.7. The van der Waals surface area contributed by atoms with E-state index in [4.69, 9.17) is 5.73 Å². The Morgan fingerprint density at radius 2 is 2.18 bits per heavy atom. The second-order valence-electron chi connectivity index (χ2n) is 3.93. The van der Waals surface area contributed by atoms with Gasteiger partial charge in [0.25, 0.3) is 0 Å². The first kappa shape index (κ1) is 12.1. The van der Waals surface area contributed by atoms with Crippen molar-refractivity contribution < 1.29 is 8.78 Å².